The second-order valence-electron chi connectivity index (χ2n) is 2.51. The fourth-order valence-corrected chi connectivity index (χ4v) is 1.45. The van der Waals surface area contributed by atoms with Crippen molar-refractivity contribution in [3.8, 4) is 0 Å². The first-order valence-electron chi connectivity index (χ1n) is 3.38. The Labute approximate surface area is 65.7 Å². The summed E-state index contributed by atoms with van der Waals surface area (Å²) in [5.41, 5.74) is 0. The van der Waals surface area contributed by atoms with Crippen molar-refractivity contribution in [3.63, 3.8) is 0 Å². The Hall–Kier alpha value is 0.0149. The molecule has 2 N–H and O–H groups in total. The molecule has 2 atom stereocenters. The monoisotopic (exact) mass is 160 g/mol. The van der Waals surface area contributed by atoms with Gasteiger partial charge in [0.1, 0.15) is 0 Å². The van der Waals surface area contributed by atoms with E-state index in [0.717, 1.165) is 12.8 Å². The highest BCUT2D eigenvalue weighted by Crippen LogP contribution is 2.28. The Kier molecular flexibility index (Phi) is 2.77. The van der Waals surface area contributed by atoms with Gasteiger partial charge < -0.3 is 10.0 Å². The normalized spacial score (nSPS) is 32.3. The standard InChI is InChI=1S/C6H10BClO2/c8-6-4-2-1-3-5(6)7(9)10/h1,3,5-6,9-10H,2,4H2. The van der Waals surface area contributed by atoms with Crippen LogP contribution in [0.2, 0.25) is 5.82 Å². The number of allylic oxidation sites excluding steroid dienone is 2. The van der Waals surface area contributed by atoms with Crippen LogP contribution in [0.1, 0.15) is 12.8 Å². The van der Waals surface area contributed by atoms with E-state index in [-0.39, 0.29) is 11.2 Å². The molecular formula is C6H10BClO2. The third kappa shape index (κ3) is 1.75. The highest BCUT2D eigenvalue weighted by Gasteiger charge is 2.29. The predicted octanol–water partition coefficient (Wildman–Crippen LogP) is 0.787. The Morgan fingerprint density at radius 1 is 1.50 bits per heavy atom. The number of alkyl halides is 1. The van der Waals surface area contributed by atoms with Gasteiger partial charge >= 0.3 is 7.12 Å². The summed E-state index contributed by atoms with van der Waals surface area (Å²) in [4.78, 5) is 0. The average molecular weight is 160 g/mol. The fourth-order valence-electron chi connectivity index (χ4n) is 1.11. The quantitative estimate of drug-likeness (QED) is 0.338. The van der Waals surface area contributed by atoms with Crippen LogP contribution in [-0.2, 0) is 0 Å². The molecule has 0 fully saturated rings. The first-order chi connectivity index (χ1) is 4.72. The zero-order chi connectivity index (χ0) is 7.56. The molecule has 0 aromatic heterocycles. The van der Waals surface area contributed by atoms with Crippen LogP contribution in [0.4, 0.5) is 0 Å². The van der Waals surface area contributed by atoms with Crippen LogP contribution < -0.4 is 0 Å². The summed E-state index contributed by atoms with van der Waals surface area (Å²) in [5.74, 6) is -0.282. The van der Waals surface area contributed by atoms with Gasteiger partial charge in [-0.25, -0.2) is 0 Å². The van der Waals surface area contributed by atoms with Crippen molar-refractivity contribution in [3.05, 3.63) is 12.2 Å². The molecule has 1 aliphatic rings. The van der Waals surface area contributed by atoms with Gasteiger partial charge in [-0.05, 0) is 12.8 Å². The SMILES string of the molecule is OB(O)C1C=CCCC1Cl. The van der Waals surface area contributed by atoms with E-state index in [2.05, 4.69) is 0 Å². The minimum absolute atomic E-state index is 0.120. The summed E-state index contributed by atoms with van der Waals surface area (Å²) in [6.45, 7) is 0. The van der Waals surface area contributed by atoms with E-state index in [1.807, 2.05) is 6.08 Å². The smallest absolute Gasteiger partial charge is 0.427 e. The second kappa shape index (κ2) is 3.42. The van der Waals surface area contributed by atoms with E-state index in [1.165, 1.54) is 0 Å². The van der Waals surface area contributed by atoms with Crippen LogP contribution in [0.3, 0.4) is 0 Å². The molecule has 2 nitrogen and oxygen atoms in total. The summed E-state index contributed by atoms with van der Waals surface area (Å²) in [7, 11) is -1.31. The fraction of sp³-hybridized carbons (Fsp3) is 0.667. The highest BCUT2D eigenvalue weighted by atomic mass is 35.5. The molecule has 0 aromatic rings. The van der Waals surface area contributed by atoms with Gasteiger partial charge in [-0.15, -0.1) is 11.6 Å². The first kappa shape index (κ1) is 8.11. The van der Waals surface area contributed by atoms with E-state index < -0.39 is 7.12 Å². The average Bonchev–Trinajstić information content (AvgIpc) is 1.88. The molecule has 0 radical (unpaired) electrons. The van der Waals surface area contributed by atoms with Crippen molar-refractivity contribution in [1.82, 2.24) is 0 Å². The summed E-state index contributed by atoms with van der Waals surface area (Å²) in [6.07, 6.45) is 5.48. The largest absolute Gasteiger partial charge is 0.460 e. The number of hydrogen-bond acceptors (Lipinski definition) is 2. The Balaban J connectivity index is 2.55. The molecule has 0 amide bonds. The Bertz CT molecular complexity index is 138. The van der Waals surface area contributed by atoms with Crippen molar-refractivity contribution < 1.29 is 10.0 Å². The minimum atomic E-state index is -1.31. The van der Waals surface area contributed by atoms with Gasteiger partial charge in [0.05, 0.1) is 0 Å². The molecule has 1 aliphatic carbocycles. The lowest BCUT2D eigenvalue weighted by Crippen LogP contribution is -2.27. The van der Waals surface area contributed by atoms with Crippen LogP contribution in [0.25, 0.3) is 0 Å². The van der Waals surface area contributed by atoms with Crippen LogP contribution in [-0.4, -0.2) is 22.5 Å². The molecule has 0 aromatic carbocycles. The maximum Gasteiger partial charge on any atom is 0.460 e. The number of hydrogen-bond donors (Lipinski definition) is 2. The molecule has 4 heteroatoms. The van der Waals surface area contributed by atoms with Gasteiger partial charge in [-0.2, -0.15) is 0 Å². The molecule has 2 unspecified atom stereocenters. The number of halogens is 1. The van der Waals surface area contributed by atoms with E-state index in [1.54, 1.807) is 6.08 Å². The van der Waals surface area contributed by atoms with Crippen molar-refractivity contribution in [1.29, 1.82) is 0 Å². The van der Waals surface area contributed by atoms with Gasteiger partial charge in [-0.1, -0.05) is 12.2 Å². The summed E-state index contributed by atoms with van der Waals surface area (Å²) < 4.78 is 0. The summed E-state index contributed by atoms with van der Waals surface area (Å²) >= 11 is 5.81. The molecular weight excluding hydrogens is 150 g/mol. The molecule has 0 bridgehead atoms. The molecule has 0 saturated carbocycles. The highest BCUT2D eigenvalue weighted by molar-refractivity contribution is 6.46. The van der Waals surface area contributed by atoms with Crippen LogP contribution in [0.15, 0.2) is 12.2 Å². The molecule has 0 heterocycles. The molecule has 56 valence electrons. The summed E-state index contributed by atoms with van der Waals surface area (Å²) in [5, 5.41) is 17.4. The topological polar surface area (TPSA) is 40.5 Å². The maximum absolute atomic E-state index is 8.77. The lowest BCUT2D eigenvalue weighted by Gasteiger charge is -2.20. The van der Waals surface area contributed by atoms with Crippen LogP contribution in [0.5, 0.6) is 0 Å². The Morgan fingerprint density at radius 2 is 2.20 bits per heavy atom. The van der Waals surface area contributed by atoms with Crippen molar-refractivity contribution in [2.24, 2.45) is 0 Å². The third-order valence-electron chi connectivity index (χ3n) is 1.73. The summed E-state index contributed by atoms with van der Waals surface area (Å²) in [6, 6.07) is 0. The second-order valence-corrected chi connectivity index (χ2v) is 3.07. The lowest BCUT2D eigenvalue weighted by atomic mass is 9.68. The maximum atomic E-state index is 8.77. The predicted molar refractivity (Wildman–Crippen MR) is 42.0 cm³/mol. The van der Waals surface area contributed by atoms with Crippen molar-refractivity contribution in [2.45, 2.75) is 24.0 Å². The van der Waals surface area contributed by atoms with Crippen LogP contribution in [0, 0.1) is 0 Å². The molecule has 10 heavy (non-hydrogen) atoms. The van der Waals surface area contributed by atoms with Crippen molar-refractivity contribution >= 4 is 18.7 Å². The van der Waals surface area contributed by atoms with Crippen molar-refractivity contribution in [2.75, 3.05) is 0 Å². The zero-order valence-electron chi connectivity index (χ0n) is 5.57. The van der Waals surface area contributed by atoms with Gasteiger partial charge in [0.15, 0.2) is 0 Å². The molecule has 0 spiro atoms. The van der Waals surface area contributed by atoms with Crippen LogP contribution >= 0.6 is 11.6 Å². The molecule has 0 saturated heterocycles. The Morgan fingerprint density at radius 3 is 2.60 bits per heavy atom. The lowest BCUT2D eigenvalue weighted by molar-refractivity contribution is 0.388. The van der Waals surface area contributed by atoms with E-state index >= 15 is 0 Å². The molecule has 0 aliphatic heterocycles. The van der Waals surface area contributed by atoms with Gasteiger partial charge in [0, 0.05) is 11.2 Å². The van der Waals surface area contributed by atoms with Gasteiger partial charge in [-0.3, -0.25) is 0 Å². The zero-order valence-corrected chi connectivity index (χ0v) is 6.33. The van der Waals surface area contributed by atoms with E-state index in [4.69, 9.17) is 21.6 Å². The van der Waals surface area contributed by atoms with E-state index in [9.17, 15) is 0 Å². The minimum Gasteiger partial charge on any atom is -0.427 e. The third-order valence-corrected chi connectivity index (χ3v) is 2.24. The van der Waals surface area contributed by atoms with Gasteiger partial charge in [0.25, 0.3) is 0 Å². The first-order valence-corrected chi connectivity index (χ1v) is 3.82. The number of rotatable bonds is 1. The van der Waals surface area contributed by atoms with E-state index in [0.29, 0.717) is 0 Å². The molecule has 1 rings (SSSR count). The van der Waals surface area contributed by atoms with Gasteiger partial charge in [0.2, 0.25) is 0 Å².